The Labute approximate surface area is 96.5 Å². The molecule has 1 aromatic carbocycles. The van der Waals surface area contributed by atoms with Gasteiger partial charge in [-0.05, 0) is 12.0 Å². The monoisotopic (exact) mass is 221 g/mol. The van der Waals surface area contributed by atoms with Crippen LogP contribution in [0.5, 0.6) is 0 Å². The second-order valence-electron chi connectivity index (χ2n) is 3.45. The van der Waals surface area contributed by atoms with E-state index >= 15 is 0 Å². The maximum atomic E-state index is 5.40. The molecule has 4 nitrogen and oxygen atoms in total. The summed E-state index contributed by atoms with van der Waals surface area (Å²) in [4.78, 5) is 4.30. The number of rotatable bonds is 6. The van der Waals surface area contributed by atoms with Gasteiger partial charge in [0.2, 0.25) is 0 Å². The third-order valence-corrected chi connectivity index (χ3v) is 2.26. The van der Waals surface area contributed by atoms with Gasteiger partial charge in [0.05, 0.1) is 13.2 Å². The number of hydrogen-bond donors (Lipinski definition) is 2. The summed E-state index contributed by atoms with van der Waals surface area (Å²) in [6.07, 6.45) is 1.76. The summed E-state index contributed by atoms with van der Waals surface area (Å²) in [5.41, 5.74) is 3.91. The molecular formula is C12H19N3O. The average molecular weight is 221 g/mol. The largest absolute Gasteiger partial charge is 0.383 e. The third-order valence-electron chi connectivity index (χ3n) is 2.26. The molecule has 0 atom stereocenters. The lowest BCUT2D eigenvalue weighted by atomic mass is 10.1. The lowest BCUT2D eigenvalue weighted by Crippen LogP contribution is -2.31. The first kappa shape index (κ1) is 12.7. The molecule has 88 valence electrons. The molecule has 0 amide bonds. The fourth-order valence-electron chi connectivity index (χ4n) is 1.38. The lowest BCUT2D eigenvalue weighted by Gasteiger charge is -2.05. The average Bonchev–Trinajstić information content (AvgIpc) is 2.35. The van der Waals surface area contributed by atoms with Crippen LogP contribution >= 0.6 is 0 Å². The van der Waals surface area contributed by atoms with Crippen LogP contribution in [-0.4, -0.2) is 26.1 Å². The van der Waals surface area contributed by atoms with Gasteiger partial charge in [0.15, 0.2) is 0 Å². The van der Waals surface area contributed by atoms with Crippen molar-refractivity contribution in [3.63, 3.8) is 0 Å². The number of nitrogens with one attached hydrogen (secondary N) is 1. The number of benzene rings is 1. The molecule has 0 spiro atoms. The quantitative estimate of drug-likeness (QED) is 0.249. The summed E-state index contributed by atoms with van der Waals surface area (Å²) in [5, 5.41) is 0. The topological polar surface area (TPSA) is 59.6 Å². The van der Waals surface area contributed by atoms with Crippen LogP contribution in [0.2, 0.25) is 0 Å². The number of aliphatic imine (C=N–C) groups is 1. The number of nitrogens with two attached hydrogens (primary N) is 1. The maximum Gasteiger partial charge on any atom is 0.111 e. The highest BCUT2D eigenvalue weighted by atomic mass is 16.5. The molecule has 0 fully saturated rings. The normalized spacial score (nSPS) is 11.5. The molecule has 0 heterocycles. The van der Waals surface area contributed by atoms with Gasteiger partial charge < -0.3 is 10.2 Å². The molecule has 0 bridgehead atoms. The molecule has 0 saturated heterocycles. The first-order chi connectivity index (χ1) is 7.86. The fourth-order valence-corrected chi connectivity index (χ4v) is 1.38. The molecule has 4 heteroatoms. The zero-order valence-corrected chi connectivity index (χ0v) is 9.65. The van der Waals surface area contributed by atoms with E-state index in [0.29, 0.717) is 13.2 Å². The number of methoxy groups -OCH3 is 1. The molecule has 1 aromatic rings. The smallest absolute Gasteiger partial charge is 0.111 e. The molecular weight excluding hydrogens is 202 g/mol. The Morgan fingerprint density at radius 3 is 2.75 bits per heavy atom. The van der Waals surface area contributed by atoms with Crippen LogP contribution in [0.1, 0.15) is 12.0 Å². The number of aryl methyl sites for hydroxylation is 1. The van der Waals surface area contributed by atoms with Crippen molar-refractivity contribution in [1.82, 2.24) is 5.43 Å². The van der Waals surface area contributed by atoms with Crippen molar-refractivity contribution >= 4 is 5.84 Å². The highest BCUT2D eigenvalue weighted by Crippen LogP contribution is 2.02. The van der Waals surface area contributed by atoms with Gasteiger partial charge in [-0.2, -0.15) is 0 Å². The minimum Gasteiger partial charge on any atom is -0.383 e. The van der Waals surface area contributed by atoms with Gasteiger partial charge in [0.25, 0.3) is 0 Å². The van der Waals surface area contributed by atoms with Crippen LogP contribution in [0, 0.1) is 0 Å². The molecule has 16 heavy (non-hydrogen) atoms. The van der Waals surface area contributed by atoms with Gasteiger partial charge in [-0.3, -0.25) is 4.99 Å². The van der Waals surface area contributed by atoms with E-state index in [1.165, 1.54) is 5.56 Å². The zero-order chi connectivity index (χ0) is 11.6. The minimum absolute atomic E-state index is 0.622. The maximum absolute atomic E-state index is 5.40. The Hall–Kier alpha value is -1.39. The van der Waals surface area contributed by atoms with Gasteiger partial charge in [-0.1, -0.05) is 30.3 Å². The number of amidine groups is 1. The van der Waals surface area contributed by atoms with E-state index in [9.17, 15) is 0 Å². The summed E-state index contributed by atoms with van der Waals surface area (Å²) < 4.78 is 4.92. The molecule has 0 aliphatic heterocycles. The number of ether oxygens (including phenoxy) is 1. The summed E-state index contributed by atoms with van der Waals surface area (Å²) in [6.45, 7) is 1.27. The first-order valence-electron chi connectivity index (χ1n) is 5.39. The summed E-state index contributed by atoms with van der Waals surface area (Å²) in [7, 11) is 1.66. The number of nitrogens with zero attached hydrogens (tertiary/aromatic N) is 1. The Bertz CT molecular complexity index is 311. The molecule has 0 aliphatic rings. The van der Waals surface area contributed by atoms with E-state index < -0.39 is 0 Å². The highest BCUT2D eigenvalue weighted by molar-refractivity contribution is 5.81. The van der Waals surface area contributed by atoms with Crippen LogP contribution in [0.15, 0.2) is 35.3 Å². The zero-order valence-electron chi connectivity index (χ0n) is 9.65. The summed E-state index contributed by atoms with van der Waals surface area (Å²) >= 11 is 0. The third kappa shape index (κ3) is 4.91. The van der Waals surface area contributed by atoms with Crippen molar-refractivity contribution in [2.75, 3.05) is 20.3 Å². The van der Waals surface area contributed by atoms with E-state index in [-0.39, 0.29) is 0 Å². The number of hydrazine groups is 1. The van der Waals surface area contributed by atoms with Gasteiger partial charge in [0, 0.05) is 13.5 Å². The SMILES string of the molecule is COCCN=C(CCc1ccccc1)NN. The molecule has 0 saturated carbocycles. The Balaban J connectivity index is 2.36. The van der Waals surface area contributed by atoms with E-state index in [4.69, 9.17) is 10.6 Å². The van der Waals surface area contributed by atoms with Crippen LogP contribution in [-0.2, 0) is 11.2 Å². The second kappa shape index (κ2) is 7.84. The van der Waals surface area contributed by atoms with Gasteiger partial charge in [-0.15, -0.1) is 0 Å². The molecule has 1 rings (SSSR count). The fraction of sp³-hybridized carbons (Fsp3) is 0.417. The van der Waals surface area contributed by atoms with Crippen molar-refractivity contribution in [3.8, 4) is 0 Å². The predicted octanol–water partition coefficient (Wildman–Crippen LogP) is 1.13. The first-order valence-corrected chi connectivity index (χ1v) is 5.39. The van der Waals surface area contributed by atoms with E-state index in [1.54, 1.807) is 7.11 Å². The summed E-state index contributed by atoms with van der Waals surface area (Å²) in [5.74, 6) is 6.22. The van der Waals surface area contributed by atoms with Crippen LogP contribution in [0.4, 0.5) is 0 Å². The van der Waals surface area contributed by atoms with E-state index in [2.05, 4.69) is 22.6 Å². The molecule has 0 radical (unpaired) electrons. The van der Waals surface area contributed by atoms with Crippen molar-refractivity contribution < 1.29 is 4.74 Å². The highest BCUT2D eigenvalue weighted by Gasteiger charge is 1.97. The van der Waals surface area contributed by atoms with Crippen LogP contribution in [0.25, 0.3) is 0 Å². The van der Waals surface area contributed by atoms with Gasteiger partial charge in [0.1, 0.15) is 5.84 Å². The van der Waals surface area contributed by atoms with E-state index in [0.717, 1.165) is 18.7 Å². The van der Waals surface area contributed by atoms with Crippen molar-refractivity contribution in [3.05, 3.63) is 35.9 Å². The minimum atomic E-state index is 0.622. The Morgan fingerprint density at radius 1 is 1.38 bits per heavy atom. The van der Waals surface area contributed by atoms with Crippen molar-refractivity contribution in [2.24, 2.45) is 10.8 Å². The van der Waals surface area contributed by atoms with Crippen LogP contribution < -0.4 is 11.3 Å². The lowest BCUT2D eigenvalue weighted by molar-refractivity contribution is 0.208. The molecule has 0 aromatic heterocycles. The van der Waals surface area contributed by atoms with E-state index in [1.807, 2.05) is 18.2 Å². The predicted molar refractivity (Wildman–Crippen MR) is 66.3 cm³/mol. The van der Waals surface area contributed by atoms with Crippen molar-refractivity contribution in [2.45, 2.75) is 12.8 Å². The van der Waals surface area contributed by atoms with Gasteiger partial charge >= 0.3 is 0 Å². The van der Waals surface area contributed by atoms with Crippen LogP contribution in [0.3, 0.4) is 0 Å². The second-order valence-corrected chi connectivity index (χ2v) is 3.45. The molecule has 0 aliphatic carbocycles. The Morgan fingerprint density at radius 2 is 2.12 bits per heavy atom. The number of hydrogen-bond acceptors (Lipinski definition) is 3. The van der Waals surface area contributed by atoms with Gasteiger partial charge in [-0.25, -0.2) is 5.84 Å². The molecule has 3 N–H and O–H groups in total. The van der Waals surface area contributed by atoms with Crippen molar-refractivity contribution in [1.29, 1.82) is 0 Å². The summed E-state index contributed by atoms with van der Waals surface area (Å²) in [6, 6.07) is 10.3. The molecule has 0 unspecified atom stereocenters. The Kier molecular flexibility index (Phi) is 6.22. The standard InChI is InChI=1S/C12H19N3O/c1-16-10-9-14-12(15-13)8-7-11-5-3-2-4-6-11/h2-6H,7-10,13H2,1H3,(H,14,15).